The van der Waals surface area contributed by atoms with Crippen LogP contribution in [0.5, 0.6) is 11.5 Å². The molecular weight excluding hydrogens is 290 g/mol. The lowest BCUT2D eigenvalue weighted by Gasteiger charge is -2.13. The van der Waals surface area contributed by atoms with Gasteiger partial charge in [0.25, 0.3) is 0 Å². The molecule has 2 aromatic rings. The number of hydrogen-bond acceptors (Lipinski definition) is 3. The molecule has 0 atom stereocenters. The fraction of sp³-hybridized carbons (Fsp3) is 0.316. The summed E-state index contributed by atoms with van der Waals surface area (Å²) in [7, 11) is 3.19. The molecule has 122 valence electrons. The molecule has 0 aliphatic carbocycles. The van der Waals surface area contributed by atoms with E-state index in [-0.39, 0.29) is 5.91 Å². The first-order valence-corrected chi connectivity index (χ1v) is 7.53. The predicted molar refractivity (Wildman–Crippen MR) is 92.5 cm³/mol. The van der Waals surface area contributed by atoms with Gasteiger partial charge < -0.3 is 14.8 Å². The van der Waals surface area contributed by atoms with Crippen LogP contribution in [0.3, 0.4) is 0 Å². The van der Waals surface area contributed by atoms with Gasteiger partial charge in [-0.1, -0.05) is 6.07 Å². The monoisotopic (exact) mass is 313 g/mol. The fourth-order valence-electron chi connectivity index (χ4n) is 2.41. The zero-order chi connectivity index (χ0) is 17.0. The molecule has 0 radical (unpaired) electrons. The second kappa shape index (κ2) is 7.18. The van der Waals surface area contributed by atoms with Crippen molar-refractivity contribution in [3.8, 4) is 11.5 Å². The van der Waals surface area contributed by atoms with Crippen molar-refractivity contribution in [1.29, 1.82) is 0 Å². The first kappa shape index (κ1) is 16.9. The summed E-state index contributed by atoms with van der Waals surface area (Å²) in [5, 5.41) is 2.94. The number of benzene rings is 2. The van der Waals surface area contributed by atoms with Gasteiger partial charge in [0.1, 0.15) is 0 Å². The number of nitrogens with one attached hydrogen (secondary N) is 1. The van der Waals surface area contributed by atoms with Crippen LogP contribution in [0.15, 0.2) is 30.3 Å². The minimum atomic E-state index is -0.0522. The molecule has 4 nitrogen and oxygen atoms in total. The van der Waals surface area contributed by atoms with E-state index in [1.54, 1.807) is 14.2 Å². The molecule has 0 fully saturated rings. The molecule has 0 aromatic heterocycles. The van der Waals surface area contributed by atoms with Crippen LogP contribution in [0.2, 0.25) is 0 Å². The molecular formula is C19H23NO3. The van der Waals surface area contributed by atoms with E-state index < -0.39 is 0 Å². The third kappa shape index (κ3) is 4.03. The largest absolute Gasteiger partial charge is 0.493 e. The van der Waals surface area contributed by atoms with Crippen LogP contribution in [0.1, 0.15) is 22.3 Å². The quantitative estimate of drug-likeness (QED) is 0.913. The lowest BCUT2D eigenvalue weighted by atomic mass is 10.0. The number of rotatable bonds is 5. The first-order chi connectivity index (χ1) is 10.9. The number of ether oxygens (including phenoxy) is 2. The van der Waals surface area contributed by atoms with E-state index in [1.807, 2.05) is 51.1 Å². The van der Waals surface area contributed by atoms with Gasteiger partial charge in [-0.05, 0) is 67.3 Å². The number of methoxy groups -OCH3 is 2. The van der Waals surface area contributed by atoms with Gasteiger partial charge in [0.15, 0.2) is 11.5 Å². The second-order valence-electron chi connectivity index (χ2n) is 5.66. The van der Waals surface area contributed by atoms with Gasteiger partial charge in [0.05, 0.1) is 20.6 Å². The van der Waals surface area contributed by atoms with Crippen molar-refractivity contribution in [2.24, 2.45) is 0 Å². The van der Waals surface area contributed by atoms with Gasteiger partial charge in [0.2, 0.25) is 5.91 Å². The zero-order valence-corrected chi connectivity index (χ0v) is 14.3. The number of hydrogen-bond donors (Lipinski definition) is 1. The highest BCUT2D eigenvalue weighted by Crippen LogP contribution is 2.30. The van der Waals surface area contributed by atoms with E-state index in [4.69, 9.17) is 9.47 Å². The lowest BCUT2D eigenvalue weighted by molar-refractivity contribution is -0.115. The predicted octanol–water partition coefficient (Wildman–Crippen LogP) is 3.81. The second-order valence-corrected chi connectivity index (χ2v) is 5.66. The summed E-state index contributed by atoms with van der Waals surface area (Å²) >= 11 is 0. The molecule has 23 heavy (non-hydrogen) atoms. The van der Waals surface area contributed by atoms with Crippen LogP contribution in [-0.4, -0.2) is 20.1 Å². The maximum Gasteiger partial charge on any atom is 0.228 e. The van der Waals surface area contributed by atoms with Gasteiger partial charge in [-0.25, -0.2) is 0 Å². The molecule has 0 saturated heterocycles. The van der Waals surface area contributed by atoms with Crippen molar-refractivity contribution in [1.82, 2.24) is 0 Å². The number of anilines is 1. The van der Waals surface area contributed by atoms with E-state index in [0.29, 0.717) is 17.9 Å². The van der Waals surface area contributed by atoms with Crippen molar-refractivity contribution in [2.45, 2.75) is 27.2 Å². The van der Waals surface area contributed by atoms with Gasteiger partial charge in [-0.15, -0.1) is 0 Å². The van der Waals surface area contributed by atoms with Crippen molar-refractivity contribution in [3.05, 3.63) is 52.6 Å². The zero-order valence-electron chi connectivity index (χ0n) is 14.3. The normalized spacial score (nSPS) is 10.3. The van der Waals surface area contributed by atoms with Crippen LogP contribution < -0.4 is 14.8 Å². The number of carbonyl (C=O) groups is 1. The average Bonchev–Trinajstić information content (AvgIpc) is 2.52. The summed E-state index contributed by atoms with van der Waals surface area (Å²) in [6.45, 7) is 6.04. The first-order valence-electron chi connectivity index (χ1n) is 7.53. The molecule has 0 aliphatic rings. The smallest absolute Gasteiger partial charge is 0.228 e. The fourth-order valence-corrected chi connectivity index (χ4v) is 2.41. The van der Waals surface area contributed by atoms with E-state index in [9.17, 15) is 4.79 Å². The Morgan fingerprint density at radius 3 is 2.17 bits per heavy atom. The topological polar surface area (TPSA) is 47.6 Å². The molecule has 0 bridgehead atoms. The standard InChI is InChI=1S/C19H23NO3/c1-12-6-7-16(8-13(12)2)20-19(21)11-15-10-18(23-5)17(22-4)9-14(15)3/h6-10H,11H2,1-5H3,(H,20,21). The van der Waals surface area contributed by atoms with Gasteiger partial charge in [-0.2, -0.15) is 0 Å². The molecule has 0 heterocycles. The number of amides is 1. The molecule has 1 amide bonds. The Morgan fingerprint density at radius 1 is 0.913 bits per heavy atom. The molecule has 1 N–H and O–H groups in total. The lowest BCUT2D eigenvalue weighted by Crippen LogP contribution is -2.15. The average molecular weight is 313 g/mol. The molecule has 0 aliphatic heterocycles. The van der Waals surface area contributed by atoms with Crippen molar-refractivity contribution < 1.29 is 14.3 Å². The van der Waals surface area contributed by atoms with Crippen LogP contribution in [-0.2, 0) is 11.2 Å². The van der Waals surface area contributed by atoms with Crippen LogP contribution in [0, 0.1) is 20.8 Å². The Hall–Kier alpha value is -2.49. The van der Waals surface area contributed by atoms with Crippen LogP contribution in [0.4, 0.5) is 5.69 Å². The summed E-state index contributed by atoms with van der Waals surface area (Å²) in [4.78, 5) is 12.3. The molecule has 0 unspecified atom stereocenters. The maximum absolute atomic E-state index is 12.3. The number of aryl methyl sites for hydroxylation is 3. The van der Waals surface area contributed by atoms with Gasteiger partial charge in [-0.3, -0.25) is 4.79 Å². The molecule has 4 heteroatoms. The third-order valence-electron chi connectivity index (χ3n) is 3.98. The highest BCUT2D eigenvalue weighted by atomic mass is 16.5. The Morgan fingerprint density at radius 2 is 1.57 bits per heavy atom. The molecule has 2 rings (SSSR count). The van der Waals surface area contributed by atoms with Crippen LogP contribution in [0.25, 0.3) is 0 Å². The van der Waals surface area contributed by atoms with Crippen LogP contribution >= 0.6 is 0 Å². The summed E-state index contributed by atoms with van der Waals surface area (Å²) < 4.78 is 10.6. The molecule has 0 spiro atoms. The summed E-state index contributed by atoms with van der Waals surface area (Å²) in [5.74, 6) is 1.25. The SMILES string of the molecule is COc1cc(C)c(CC(=O)Nc2ccc(C)c(C)c2)cc1OC. The maximum atomic E-state index is 12.3. The van der Waals surface area contributed by atoms with E-state index >= 15 is 0 Å². The van der Waals surface area contributed by atoms with E-state index in [1.165, 1.54) is 5.56 Å². The summed E-state index contributed by atoms with van der Waals surface area (Å²) in [6, 6.07) is 9.65. The van der Waals surface area contributed by atoms with Crippen molar-refractivity contribution >= 4 is 11.6 Å². The van der Waals surface area contributed by atoms with Crippen molar-refractivity contribution in [3.63, 3.8) is 0 Å². The molecule has 0 saturated carbocycles. The van der Waals surface area contributed by atoms with E-state index in [0.717, 1.165) is 22.4 Å². The Bertz CT molecular complexity index is 723. The third-order valence-corrected chi connectivity index (χ3v) is 3.98. The Balaban J connectivity index is 2.15. The summed E-state index contributed by atoms with van der Waals surface area (Å²) in [6.07, 6.45) is 0.291. The minimum Gasteiger partial charge on any atom is -0.493 e. The Labute approximate surface area is 137 Å². The van der Waals surface area contributed by atoms with Crippen molar-refractivity contribution in [2.75, 3.05) is 19.5 Å². The van der Waals surface area contributed by atoms with E-state index in [2.05, 4.69) is 5.32 Å². The van der Waals surface area contributed by atoms with Gasteiger partial charge >= 0.3 is 0 Å². The highest BCUT2D eigenvalue weighted by Gasteiger charge is 2.12. The minimum absolute atomic E-state index is 0.0522. The Kier molecular flexibility index (Phi) is 5.27. The molecule has 2 aromatic carbocycles. The summed E-state index contributed by atoms with van der Waals surface area (Å²) in [5.41, 5.74) is 5.10. The van der Waals surface area contributed by atoms with Gasteiger partial charge in [0, 0.05) is 5.69 Å². The number of carbonyl (C=O) groups excluding carboxylic acids is 1. The highest BCUT2D eigenvalue weighted by molar-refractivity contribution is 5.92.